The molecular formula is C15H21FN2S. The Labute approximate surface area is 119 Å². The van der Waals surface area contributed by atoms with Crippen molar-refractivity contribution in [1.82, 2.24) is 4.90 Å². The number of halogens is 1. The lowest BCUT2D eigenvalue weighted by Crippen LogP contribution is -2.27. The van der Waals surface area contributed by atoms with Crippen LogP contribution in [-0.2, 0) is 6.54 Å². The summed E-state index contributed by atoms with van der Waals surface area (Å²) in [5.74, 6) is -0.201. The highest BCUT2D eigenvalue weighted by Crippen LogP contribution is 2.29. The van der Waals surface area contributed by atoms with E-state index in [0.29, 0.717) is 18.2 Å². The van der Waals surface area contributed by atoms with Gasteiger partial charge in [0.15, 0.2) is 0 Å². The first-order valence-corrected chi connectivity index (χ1v) is 7.35. The summed E-state index contributed by atoms with van der Waals surface area (Å²) in [4.78, 5) is 2.64. The second kappa shape index (κ2) is 6.44. The average Bonchev–Trinajstić information content (AvgIpc) is 3.20. The Morgan fingerprint density at radius 2 is 2.21 bits per heavy atom. The fourth-order valence-corrected chi connectivity index (χ4v) is 2.37. The first kappa shape index (κ1) is 14.4. The van der Waals surface area contributed by atoms with E-state index in [9.17, 15) is 4.39 Å². The summed E-state index contributed by atoms with van der Waals surface area (Å²) in [7, 11) is 0. The van der Waals surface area contributed by atoms with E-state index < -0.39 is 0 Å². The van der Waals surface area contributed by atoms with E-state index in [1.165, 1.54) is 31.7 Å². The third-order valence-electron chi connectivity index (χ3n) is 3.57. The minimum Gasteiger partial charge on any atom is -0.389 e. The predicted molar refractivity (Wildman–Crippen MR) is 80.6 cm³/mol. The number of thiocarbonyl (C=S) groups is 1. The van der Waals surface area contributed by atoms with Gasteiger partial charge in [0, 0.05) is 23.7 Å². The number of hydrogen-bond acceptors (Lipinski definition) is 2. The molecule has 0 saturated heterocycles. The standard InChI is InChI=1S/C15H21FN2S/c1-2-3-8-18(13-6-7-13)10-12-5-4-11(15(17)19)9-14(12)16/h4-5,9,13H,2-3,6-8,10H2,1H3,(H2,17,19). The topological polar surface area (TPSA) is 29.3 Å². The van der Waals surface area contributed by atoms with Crippen LogP contribution >= 0.6 is 12.2 Å². The zero-order valence-electron chi connectivity index (χ0n) is 11.4. The molecule has 4 heteroatoms. The maximum Gasteiger partial charge on any atom is 0.128 e. The average molecular weight is 280 g/mol. The Bertz CT molecular complexity index is 457. The van der Waals surface area contributed by atoms with Crippen LogP contribution in [0.15, 0.2) is 18.2 Å². The van der Waals surface area contributed by atoms with Crippen LogP contribution < -0.4 is 5.73 Å². The molecule has 104 valence electrons. The van der Waals surface area contributed by atoms with Crippen LogP contribution in [0.25, 0.3) is 0 Å². The lowest BCUT2D eigenvalue weighted by molar-refractivity contribution is 0.247. The monoisotopic (exact) mass is 280 g/mol. The number of rotatable bonds is 7. The van der Waals surface area contributed by atoms with Crippen molar-refractivity contribution in [2.75, 3.05) is 6.54 Å². The van der Waals surface area contributed by atoms with Gasteiger partial charge >= 0.3 is 0 Å². The van der Waals surface area contributed by atoms with Crippen LogP contribution in [0.2, 0.25) is 0 Å². The summed E-state index contributed by atoms with van der Waals surface area (Å²) >= 11 is 4.86. The smallest absolute Gasteiger partial charge is 0.128 e. The van der Waals surface area contributed by atoms with Gasteiger partial charge in [-0.05, 0) is 31.9 Å². The molecule has 0 unspecified atom stereocenters. The van der Waals surface area contributed by atoms with E-state index in [-0.39, 0.29) is 10.8 Å². The Balaban J connectivity index is 2.06. The van der Waals surface area contributed by atoms with E-state index in [1.54, 1.807) is 0 Å². The molecule has 2 N–H and O–H groups in total. The van der Waals surface area contributed by atoms with Gasteiger partial charge in [-0.15, -0.1) is 0 Å². The molecule has 1 aliphatic rings. The minimum atomic E-state index is -0.201. The molecule has 0 heterocycles. The maximum absolute atomic E-state index is 14.0. The van der Waals surface area contributed by atoms with Gasteiger partial charge in [0.2, 0.25) is 0 Å². The van der Waals surface area contributed by atoms with Crippen molar-refractivity contribution in [2.45, 2.75) is 45.2 Å². The van der Waals surface area contributed by atoms with Crippen molar-refractivity contribution in [1.29, 1.82) is 0 Å². The van der Waals surface area contributed by atoms with Crippen LogP contribution in [0, 0.1) is 5.82 Å². The van der Waals surface area contributed by atoms with Gasteiger partial charge in [0.25, 0.3) is 0 Å². The van der Waals surface area contributed by atoms with Gasteiger partial charge in [0.1, 0.15) is 10.8 Å². The van der Waals surface area contributed by atoms with Crippen molar-refractivity contribution in [2.24, 2.45) is 5.73 Å². The van der Waals surface area contributed by atoms with E-state index in [1.807, 2.05) is 12.1 Å². The van der Waals surface area contributed by atoms with Crippen molar-refractivity contribution < 1.29 is 4.39 Å². The van der Waals surface area contributed by atoms with E-state index in [4.69, 9.17) is 18.0 Å². The number of unbranched alkanes of at least 4 members (excludes halogenated alkanes) is 1. The molecule has 2 rings (SSSR count). The molecule has 0 amide bonds. The van der Waals surface area contributed by atoms with E-state index in [0.717, 1.165) is 12.1 Å². The highest BCUT2D eigenvalue weighted by Gasteiger charge is 2.28. The summed E-state index contributed by atoms with van der Waals surface area (Å²) in [6.45, 7) is 3.93. The molecule has 0 aromatic heterocycles. The maximum atomic E-state index is 14.0. The lowest BCUT2D eigenvalue weighted by atomic mass is 10.1. The van der Waals surface area contributed by atoms with Crippen LogP contribution in [-0.4, -0.2) is 22.5 Å². The van der Waals surface area contributed by atoms with E-state index in [2.05, 4.69) is 11.8 Å². The molecule has 0 atom stereocenters. The van der Waals surface area contributed by atoms with Gasteiger partial charge in [-0.2, -0.15) is 0 Å². The summed E-state index contributed by atoms with van der Waals surface area (Å²) < 4.78 is 14.0. The molecular weight excluding hydrogens is 259 g/mol. The zero-order valence-corrected chi connectivity index (χ0v) is 12.2. The van der Waals surface area contributed by atoms with Crippen LogP contribution in [0.5, 0.6) is 0 Å². The highest BCUT2D eigenvalue weighted by atomic mass is 32.1. The fourth-order valence-electron chi connectivity index (χ4n) is 2.24. The molecule has 1 saturated carbocycles. The summed E-state index contributed by atoms with van der Waals surface area (Å²) in [5, 5.41) is 0. The number of hydrogen-bond donors (Lipinski definition) is 1. The minimum absolute atomic E-state index is 0.201. The Morgan fingerprint density at radius 3 is 2.74 bits per heavy atom. The third-order valence-corrected chi connectivity index (χ3v) is 3.81. The predicted octanol–water partition coefficient (Wildman–Crippen LogP) is 3.22. The number of nitrogens with two attached hydrogens (primary N) is 1. The quantitative estimate of drug-likeness (QED) is 0.778. The summed E-state index contributed by atoms with van der Waals surface area (Å²) in [6, 6.07) is 5.72. The molecule has 0 bridgehead atoms. The van der Waals surface area contributed by atoms with Gasteiger partial charge in [-0.1, -0.05) is 37.7 Å². The number of benzene rings is 1. The van der Waals surface area contributed by atoms with Gasteiger partial charge in [-0.25, -0.2) is 4.39 Å². The van der Waals surface area contributed by atoms with Gasteiger partial charge in [0.05, 0.1) is 0 Å². The normalized spacial score (nSPS) is 14.9. The first-order valence-electron chi connectivity index (χ1n) is 6.94. The zero-order chi connectivity index (χ0) is 13.8. The SMILES string of the molecule is CCCCN(Cc1ccc(C(N)=S)cc1F)C1CC1. The Kier molecular flexibility index (Phi) is 4.88. The molecule has 19 heavy (non-hydrogen) atoms. The second-order valence-electron chi connectivity index (χ2n) is 5.23. The fraction of sp³-hybridized carbons (Fsp3) is 0.533. The van der Waals surface area contributed by atoms with Gasteiger partial charge in [-0.3, -0.25) is 4.90 Å². The molecule has 0 radical (unpaired) electrons. The van der Waals surface area contributed by atoms with Crippen molar-refractivity contribution in [3.05, 3.63) is 35.1 Å². The molecule has 1 aromatic carbocycles. The van der Waals surface area contributed by atoms with Crippen molar-refractivity contribution in [3.8, 4) is 0 Å². The summed E-state index contributed by atoms with van der Waals surface area (Å²) in [6.07, 6.45) is 4.84. The van der Waals surface area contributed by atoms with Crippen LogP contribution in [0.3, 0.4) is 0 Å². The molecule has 1 aromatic rings. The highest BCUT2D eigenvalue weighted by molar-refractivity contribution is 7.80. The molecule has 1 aliphatic carbocycles. The molecule has 0 spiro atoms. The van der Waals surface area contributed by atoms with Crippen molar-refractivity contribution >= 4 is 17.2 Å². The Hall–Kier alpha value is -1.00. The number of nitrogens with zero attached hydrogens (tertiary/aromatic N) is 1. The van der Waals surface area contributed by atoms with Gasteiger partial charge < -0.3 is 5.73 Å². The molecule has 0 aliphatic heterocycles. The summed E-state index contributed by atoms with van der Waals surface area (Å²) in [5.41, 5.74) is 6.85. The van der Waals surface area contributed by atoms with Crippen LogP contribution in [0.1, 0.15) is 43.7 Å². The molecule has 2 nitrogen and oxygen atoms in total. The largest absolute Gasteiger partial charge is 0.389 e. The Morgan fingerprint density at radius 1 is 1.47 bits per heavy atom. The van der Waals surface area contributed by atoms with Crippen LogP contribution in [0.4, 0.5) is 4.39 Å². The van der Waals surface area contributed by atoms with Crippen molar-refractivity contribution in [3.63, 3.8) is 0 Å². The lowest BCUT2D eigenvalue weighted by Gasteiger charge is -2.22. The molecule has 1 fully saturated rings. The third kappa shape index (κ3) is 3.98. The van der Waals surface area contributed by atoms with E-state index >= 15 is 0 Å². The second-order valence-corrected chi connectivity index (χ2v) is 5.67. The first-order chi connectivity index (χ1) is 9.11.